The zero-order valence-corrected chi connectivity index (χ0v) is 19.4. The largest absolute Gasteiger partial charge is 0.494 e. The number of ether oxygens (including phenoxy) is 1. The minimum absolute atomic E-state index is 0.0199. The molecular weight excluding hydrogens is 436 g/mol. The van der Waals surface area contributed by atoms with Crippen molar-refractivity contribution < 1.29 is 18.4 Å². The van der Waals surface area contributed by atoms with Crippen LogP contribution in [-0.4, -0.2) is 68.9 Å². The molecule has 0 bridgehead atoms. The van der Waals surface area contributed by atoms with Gasteiger partial charge in [-0.05, 0) is 23.6 Å². The zero-order chi connectivity index (χ0) is 27.0. The molecule has 11 heteroatoms. The van der Waals surface area contributed by atoms with Crippen LogP contribution in [0.3, 0.4) is 0 Å². The molecule has 0 atom stereocenters. The van der Waals surface area contributed by atoms with Gasteiger partial charge in [-0.2, -0.15) is 10.2 Å². The summed E-state index contributed by atoms with van der Waals surface area (Å²) in [5, 5.41) is 17.3. The van der Waals surface area contributed by atoms with Crippen molar-refractivity contribution in [1.29, 1.82) is 0 Å². The quantitative estimate of drug-likeness (QED) is 0.538. The summed E-state index contributed by atoms with van der Waals surface area (Å²) < 4.78 is 29.3. The van der Waals surface area contributed by atoms with E-state index < -0.39 is 12.9 Å². The molecule has 1 aliphatic heterocycles. The van der Waals surface area contributed by atoms with Gasteiger partial charge in [0.15, 0.2) is 17.3 Å². The predicted molar refractivity (Wildman–Crippen MR) is 126 cm³/mol. The molecule has 2 aromatic heterocycles. The zero-order valence-electron chi connectivity index (χ0n) is 22.4. The van der Waals surface area contributed by atoms with Crippen molar-refractivity contribution in [3.8, 4) is 17.1 Å². The second-order valence-electron chi connectivity index (χ2n) is 8.90. The fraction of sp³-hybridized carbons (Fsp3) is 0.391. The number of rotatable bonds is 7. The molecule has 2 N–H and O–H groups in total. The highest BCUT2D eigenvalue weighted by molar-refractivity contribution is 5.98. The van der Waals surface area contributed by atoms with Crippen LogP contribution < -0.4 is 15.4 Å². The summed E-state index contributed by atoms with van der Waals surface area (Å²) in [7, 11) is 3.23. The predicted octanol–water partition coefficient (Wildman–Crippen LogP) is 1.79. The van der Waals surface area contributed by atoms with Crippen molar-refractivity contribution >= 4 is 23.2 Å². The number of hydrogen-bond donors (Lipinski definition) is 2. The third-order valence-electron chi connectivity index (χ3n) is 5.42. The number of likely N-dealkylation sites (tertiary alicyclic amines) is 1. The number of para-hydroxylation sites is 1. The fourth-order valence-corrected chi connectivity index (χ4v) is 3.91. The van der Waals surface area contributed by atoms with Crippen LogP contribution in [0.2, 0.25) is 0 Å². The monoisotopic (exact) mass is 467 g/mol. The van der Waals surface area contributed by atoms with Crippen LogP contribution in [-0.2, 0) is 18.3 Å². The molecule has 3 aromatic rings. The van der Waals surface area contributed by atoms with Crippen LogP contribution in [0.15, 0.2) is 30.6 Å². The Kier molecular flexibility index (Phi) is 5.20. The van der Waals surface area contributed by atoms with Crippen LogP contribution in [0.1, 0.15) is 34.1 Å². The van der Waals surface area contributed by atoms with E-state index >= 15 is 0 Å². The smallest absolute Gasteiger partial charge is 0.273 e. The number of carbonyl (C=O) groups excluding carboxylic acids is 2. The number of carbonyl (C=O) groups is 2. The first kappa shape index (κ1) is 19.4. The van der Waals surface area contributed by atoms with Crippen molar-refractivity contribution in [2.75, 3.05) is 32.5 Å². The Bertz CT molecular complexity index is 1330. The Hall–Kier alpha value is -4.02. The van der Waals surface area contributed by atoms with E-state index in [1.54, 1.807) is 41.2 Å². The van der Waals surface area contributed by atoms with Gasteiger partial charge in [0.1, 0.15) is 6.33 Å². The van der Waals surface area contributed by atoms with Crippen molar-refractivity contribution in [1.82, 2.24) is 35.2 Å². The minimum Gasteiger partial charge on any atom is -0.494 e. The molecule has 0 radical (unpaired) electrons. The van der Waals surface area contributed by atoms with Gasteiger partial charge in [0, 0.05) is 31.2 Å². The lowest BCUT2D eigenvalue weighted by atomic mass is 9.84. The minimum atomic E-state index is -2.72. The molecule has 0 saturated carbocycles. The highest BCUT2D eigenvalue weighted by Crippen LogP contribution is 2.37. The lowest BCUT2D eigenvalue weighted by molar-refractivity contribution is -0.140. The molecule has 1 aliphatic rings. The van der Waals surface area contributed by atoms with E-state index in [0.29, 0.717) is 41.6 Å². The number of methoxy groups -OCH3 is 1. The van der Waals surface area contributed by atoms with Crippen LogP contribution in [0.5, 0.6) is 5.75 Å². The number of hydrogen-bond acceptors (Lipinski definition) is 8. The van der Waals surface area contributed by atoms with Crippen molar-refractivity contribution in [2.45, 2.75) is 20.3 Å². The molecule has 0 unspecified atom stereocenters. The first-order chi connectivity index (χ1) is 17.3. The normalized spacial score (nSPS) is 16.0. The lowest BCUT2D eigenvalue weighted by Gasteiger charge is -2.45. The maximum absolute atomic E-state index is 12.7. The SMILES string of the molecule is [2H]C([2H])([2H])NC(=O)c1nnc(CC(=O)N2CC(C)(C)C2)cc1Nc1cccc(-c2ncn(C)n2)c1OC. The van der Waals surface area contributed by atoms with Crippen LogP contribution >= 0.6 is 0 Å². The Balaban J connectivity index is 1.68. The Morgan fingerprint density at radius 1 is 1.24 bits per heavy atom. The van der Waals surface area contributed by atoms with Gasteiger partial charge in [0.2, 0.25) is 5.91 Å². The summed E-state index contributed by atoms with van der Waals surface area (Å²) in [6.07, 6.45) is 1.54. The van der Waals surface area contributed by atoms with E-state index in [1.807, 2.05) is 5.32 Å². The number of benzene rings is 1. The van der Waals surface area contributed by atoms with Crippen LogP contribution in [0, 0.1) is 5.41 Å². The average Bonchev–Trinajstić information content (AvgIpc) is 3.22. The summed E-state index contributed by atoms with van der Waals surface area (Å²) in [5.74, 6) is -0.230. The molecule has 0 aliphatic carbocycles. The Labute approximate surface area is 201 Å². The second-order valence-corrected chi connectivity index (χ2v) is 8.90. The van der Waals surface area contributed by atoms with E-state index in [2.05, 4.69) is 39.4 Å². The third kappa shape index (κ3) is 4.68. The maximum Gasteiger partial charge on any atom is 0.273 e. The number of amides is 2. The summed E-state index contributed by atoms with van der Waals surface area (Å²) in [6, 6.07) is 6.76. The third-order valence-corrected chi connectivity index (χ3v) is 5.42. The summed E-state index contributed by atoms with van der Waals surface area (Å²) >= 11 is 0. The molecule has 1 aromatic carbocycles. The van der Waals surface area contributed by atoms with E-state index in [9.17, 15) is 9.59 Å². The molecule has 1 fully saturated rings. The number of anilines is 2. The van der Waals surface area contributed by atoms with Gasteiger partial charge in [0.05, 0.1) is 36.2 Å². The van der Waals surface area contributed by atoms with Gasteiger partial charge >= 0.3 is 0 Å². The number of aromatic nitrogens is 5. The molecular formula is C23H28N8O3. The standard InChI is InChI=1S/C23H28N8O3/c1-23(2)11-31(12-23)18(32)10-14-9-17(19(28-27-14)22(33)24-3)26-16-8-6-7-15(20(16)34-5)21-25-13-30(4)29-21/h6-9,13H,10-12H2,1-5H3,(H,24,33)(H,26,27)/i3D3. The topological polar surface area (TPSA) is 127 Å². The first-order valence-corrected chi connectivity index (χ1v) is 10.6. The highest BCUT2D eigenvalue weighted by atomic mass is 16.5. The van der Waals surface area contributed by atoms with E-state index in [0.717, 1.165) is 0 Å². The second kappa shape index (κ2) is 9.08. The average molecular weight is 468 g/mol. The van der Waals surface area contributed by atoms with Crippen molar-refractivity contribution in [3.05, 3.63) is 42.0 Å². The number of nitrogens with zero attached hydrogens (tertiary/aromatic N) is 6. The Morgan fingerprint density at radius 2 is 2.03 bits per heavy atom. The fourth-order valence-electron chi connectivity index (χ4n) is 3.91. The molecule has 11 nitrogen and oxygen atoms in total. The maximum atomic E-state index is 12.7. The number of aryl methyl sites for hydroxylation is 1. The summed E-state index contributed by atoms with van der Waals surface area (Å²) in [5.41, 5.74) is 1.36. The first-order valence-electron chi connectivity index (χ1n) is 12.1. The Morgan fingerprint density at radius 3 is 2.68 bits per heavy atom. The van der Waals surface area contributed by atoms with E-state index in [1.165, 1.54) is 13.2 Å². The van der Waals surface area contributed by atoms with Gasteiger partial charge < -0.3 is 20.3 Å². The van der Waals surface area contributed by atoms with Gasteiger partial charge in [0.25, 0.3) is 5.91 Å². The molecule has 2 amide bonds. The lowest BCUT2D eigenvalue weighted by Crippen LogP contribution is -2.55. The highest BCUT2D eigenvalue weighted by Gasteiger charge is 2.37. The van der Waals surface area contributed by atoms with E-state index in [4.69, 9.17) is 8.85 Å². The molecule has 3 heterocycles. The molecule has 178 valence electrons. The van der Waals surface area contributed by atoms with Crippen LogP contribution in [0.4, 0.5) is 11.4 Å². The van der Waals surface area contributed by atoms with Crippen molar-refractivity contribution in [2.24, 2.45) is 12.5 Å². The molecule has 4 rings (SSSR count). The van der Waals surface area contributed by atoms with Crippen LogP contribution in [0.25, 0.3) is 11.4 Å². The van der Waals surface area contributed by atoms with Gasteiger partial charge in [-0.3, -0.25) is 14.3 Å². The number of nitrogens with one attached hydrogen (secondary N) is 2. The van der Waals surface area contributed by atoms with Gasteiger partial charge in [-0.1, -0.05) is 19.9 Å². The van der Waals surface area contributed by atoms with Crippen molar-refractivity contribution in [3.63, 3.8) is 0 Å². The molecule has 34 heavy (non-hydrogen) atoms. The molecule has 1 saturated heterocycles. The summed E-state index contributed by atoms with van der Waals surface area (Å²) in [4.78, 5) is 31.5. The van der Waals surface area contributed by atoms with E-state index in [-0.39, 0.29) is 29.1 Å². The summed E-state index contributed by atoms with van der Waals surface area (Å²) in [6.45, 7) is 2.74. The van der Waals surface area contributed by atoms with Gasteiger partial charge in [-0.15, -0.1) is 5.10 Å². The molecule has 0 spiro atoms. The van der Waals surface area contributed by atoms with Gasteiger partial charge in [-0.25, -0.2) is 4.98 Å².